The van der Waals surface area contributed by atoms with Gasteiger partial charge in [0.05, 0.1) is 11.3 Å². The lowest BCUT2D eigenvalue weighted by atomic mass is 9.79. The molecule has 1 unspecified atom stereocenters. The molecule has 1 rings (SSSR count). The number of carboxylic acids is 1. The van der Waals surface area contributed by atoms with E-state index in [1.165, 1.54) is 20.0 Å². The SMILES string of the molecule is CC(C)(c1ncccc1C(F)(F)F)C(N)C(=O)O. The van der Waals surface area contributed by atoms with E-state index < -0.39 is 29.2 Å². The fourth-order valence-electron chi connectivity index (χ4n) is 1.60. The zero-order valence-electron chi connectivity index (χ0n) is 9.82. The lowest BCUT2D eigenvalue weighted by molar-refractivity contribution is -0.143. The van der Waals surface area contributed by atoms with Crippen molar-refractivity contribution in [1.29, 1.82) is 0 Å². The normalized spacial score (nSPS) is 14.3. The predicted octanol–water partition coefficient (Wildman–Crippen LogP) is 1.79. The lowest BCUT2D eigenvalue weighted by Crippen LogP contribution is -2.48. The standard InChI is InChI=1S/C11H13F3N2O2/c1-10(2,7(15)9(17)18)8-6(11(12,13)14)4-3-5-16-8/h3-5,7H,15H2,1-2H3,(H,17,18). The van der Waals surface area contributed by atoms with Crippen LogP contribution in [0.15, 0.2) is 18.3 Å². The first-order valence-corrected chi connectivity index (χ1v) is 5.09. The molecule has 0 radical (unpaired) electrons. The molecule has 1 aromatic heterocycles. The van der Waals surface area contributed by atoms with Gasteiger partial charge in [0.1, 0.15) is 6.04 Å². The van der Waals surface area contributed by atoms with Crippen LogP contribution in [0.25, 0.3) is 0 Å². The summed E-state index contributed by atoms with van der Waals surface area (Å²) < 4.78 is 38.4. The van der Waals surface area contributed by atoms with Gasteiger partial charge in [0.25, 0.3) is 0 Å². The average molecular weight is 262 g/mol. The number of hydrogen-bond donors (Lipinski definition) is 2. The molecule has 0 aromatic carbocycles. The molecule has 1 atom stereocenters. The summed E-state index contributed by atoms with van der Waals surface area (Å²) >= 11 is 0. The quantitative estimate of drug-likeness (QED) is 0.870. The second kappa shape index (κ2) is 4.56. The summed E-state index contributed by atoms with van der Waals surface area (Å²) in [4.78, 5) is 14.5. The molecule has 0 spiro atoms. The van der Waals surface area contributed by atoms with Crippen molar-refractivity contribution in [1.82, 2.24) is 4.98 Å². The molecule has 18 heavy (non-hydrogen) atoms. The van der Waals surface area contributed by atoms with Crippen molar-refractivity contribution >= 4 is 5.97 Å². The van der Waals surface area contributed by atoms with E-state index >= 15 is 0 Å². The molecule has 0 fully saturated rings. The molecule has 4 nitrogen and oxygen atoms in total. The van der Waals surface area contributed by atoms with E-state index in [-0.39, 0.29) is 5.69 Å². The van der Waals surface area contributed by atoms with Crippen LogP contribution < -0.4 is 5.73 Å². The highest BCUT2D eigenvalue weighted by Crippen LogP contribution is 2.37. The van der Waals surface area contributed by atoms with Crippen molar-refractivity contribution in [3.8, 4) is 0 Å². The third-order valence-electron chi connectivity index (χ3n) is 2.77. The predicted molar refractivity (Wildman–Crippen MR) is 57.9 cm³/mol. The first-order valence-electron chi connectivity index (χ1n) is 5.09. The van der Waals surface area contributed by atoms with Gasteiger partial charge in [-0.15, -0.1) is 0 Å². The highest BCUT2D eigenvalue weighted by molar-refractivity contribution is 5.75. The molecule has 0 saturated heterocycles. The molecule has 0 aliphatic carbocycles. The first-order chi connectivity index (χ1) is 8.08. The van der Waals surface area contributed by atoms with Gasteiger partial charge < -0.3 is 10.8 Å². The molecule has 0 amide bonds. The molecule has 0 aliphatic heterocycles. The number of nitrogens with zero attached hydrogens (tertiary/aromatic N) is 1. The number of carbonyl (C=O) groups is 1. The van der Waals surface area contributed by atoms with Crippen molar-refractivity contribution < 1.29 is 23.1 Å². The topological polar surface area (TPSA) is 76.2 Å². The first kappa shape index (κ1) is 14.4. The van der Waals surface area contributed by atoms with Gasteiger partial charge >= 0.3 is 12.1 Å². The van der Waals surface area contributed by atoms with Gasteiger partial charge in [-0.3, -0.25) is 9.78 Å². The highest BCUT2D eigenvalue weighted by Gasteiger charge is 2.43. The number of pyridine rings is 1. The largest absolute Gasteiger partial charge is 0.480 e. The number of halogens is 3. The summed E-state index contributed by atoms with van der Waals surface area (Å²) in [6.45, 7) is 2.65. The fraction of sp³-hybridized carbons (Fsp3) is 0.455. The van der Waals surface area contributed by atoms with E-state index in [9.17, 15) is 18.0 Å². The number of alkyl halides is 3. The molecule has 1 heterocycles. The Bertz CT molecular complexity index is 458. The number of aromatic nitrogens is 1. The van der Waals surface area contributed by atoms with Crippen molar-refractivity contribution in [2.24, 2.45) is 5.73 Å². The summed E-state index contributed by atoms with van der Waals surface area (Å²) in [6.07, 6.45) is -3.42. The van der Waals surface area contributed by atoms with Gasteiger partial charge in [-0.2, -0.15) is 13.2 Å². The van der Waals surface area contributed by atoms with E-state index in [2.05, 4.69) is 4.98 Å². The minimum absolute atomic E-state index is 0.368. The molecule has 100 valence electrons. The Kier molecular flexibility index (Phi) is 3.66. The van der Waals surface area contributed by atoms with Gasteiger partial charge in [-0.25, -0.2) is 0 Å². The lowest BCUT2D eigenvalue weighted by Gasteiger charge is -2.30. The van der Waals surface area contributed by atoms with E-state index in [4.69, 9.17) is 10.8 Å². The van der Waals surface area contributed by atoms with E-state index in [0.717, 1.165) is 12.1 Å². The average Bonchev–Trinajstić information content (AvgIpc) is 2.26. The Morgan fingerprint density at radius 3 is 2.44 bits per heavy atom. The molecule has 3 N–H and O–H groups in total. The van der Waals surface area contributed by atoms with E-state index in [1.54, 1.807) is 0 Å². The van der Waals surface area contributed by atoms with Gasteiger partial charge in [0.15, 0.2) is 0 Å². The minimum atomic E-state index is -4.60. The van der Waals surface area contributed by atoms with Crippen LogP contribution in [0.3, 0.4) is 0 Å². The van der Waals surface area contributed by atoms with Crippen molar-refractivity contribution in [3.05, 3.63) is 29.6 Å². The van der Waals surface area contributed by atoms with Crippen LogP contribution in [0.2, 0.25) is 0 Å². The van der Waals surface area contributed by atoms with Crippen LogP contribution >= 0.6 is 0 Å². The fourth-order valence-corrected chi connectivity index (χ4v) is 1.60. The Labute approximate surface area is 102 Å². The van der Waals surface area contributed by atoms with Crippen LogP contribution in [-0.4, -0.2) is 22.1 Å². The van der Waals surface area contributed by atoms with Crippen LogP contribution in [0.5, 0.6) is 0 Å². The molecular weight excluding hydrogens is 249 g/mol. The summed E-state index contributed by atoms with van der Waals surface area (Å²) in [5.74, 6) is -1.38. The number of nitrogens with two attached hydrogens (primary N) is 1. The Hall–Kier alpha value is -1.63. The third-order valence-corrected chi connectivity index (χ3v) is 2.77. The van der Waals surface area contributed by atoms with Gasteiger partial charge in [-0.1, -0.05) is 13.8 Å². The number of hydrogen-bond acceptors (Lipinski definition) is 3. The summed E-state index contributed by atoms with van der Waals surface area (Å²) in [5, 5.41) is 8.84. The highest BCUT2D eigenvalue weighted by atomic mass is 19.4. The summed E-state index contributed by atoms with van der Waals surface area (Å²) in [7, 11) is 0. The zero-order chi connectivity index (χ0) is 14.1. The van der Waals surface area contributed by atoms with Crippen molar-refractivity contribution in [3.63, 3.8) is 0 Å². The molecule has 0 bridgehead atoms. The summed E-state index contributed by atoms with van der Waals surface area (Å²) in [5.41, 5.74) is 2.66. The molecule has 1 aromatic rings. The van der Waals surface area contributed by atoms with Crippen molar-refractivity contribution in [2.45, 2.75) is 31.5 Å². The smallest absolute Gasteiger partial charge is 0.418 e. The monoisotopic (exact) mass is 262 g/mol. The molecule has 0 aliphatic rings. The number of aliphatic carboxylic acids is 1. The molecule has 7 heteroatoms. The molecule has 0 saturated carbocycles. The van der Waals surface area contributed by atoms with Crippen molar-refractivity contribution in [2.75, 3.05) is 0 Å². The second-order valence-electron chi connectivity index (χ2n) is 4.43. The Balaban J connectivity index is 3.37. The van der Waals surface area contributed by atoms with E-state index in [0.29, 0.717) is 0 Å². The third kappa shape index (κ3) is 2.61. The summed E-state index contributed by atoms with van der Waals surface area (Å²) in [6, 6.07) is 0.529. The van der Waals surface area contributed by atoms with Gasteiger partial charge in [0.2, 0.25) is 0 Å². The van der Waals surface area contributed by atoms with Gasteiger partial charge in [0, 0.05) is 11.6 Å². The van der Waals surface area contributed by atoms with Gasteiger partial charge in [-0.05, 0) is 12.1 Å². The van der Waals surface area contributed by atoms with Crippen LogP contribution in [0, 0.1) is 0 Å². The van der Waals surface area contributed by atoms with E-state index in [1.807, 2.05) is 0 Å². The van der Waals surface area contributed by atoms with Crippen LogP contribution in [0.4, 0.5) is 13.2 Å². The molecular formula is C11H13F3N2O2. The Morgan fingerprint density at radius 1 is 1.44 bits per heavy atom. The number of carboxylic acid groups (broad SMARTS) is 1. The second-order valence-corrected chi connectivity index (χ2v) is 4.43. The van der Waals surface area contributed by atoms with Crippen LogP contribution in [-0.2, 0) is 16.4 Å². The zero-order valence-corrected chi connectivity index (χ0v) is 9.82. The number of rotatable bonds is 3. The maximum atomic E-state index is 12.8. The van der Waals surface area contributed by atoms with Crippen LogP contribution in [0.1, 0.15) is 25.1 Å². The maximum Gasteiger partial charge on any atom is 0.418 e. The Morgan fingerprint density at radius 2 is 2.00 bits per heavy atom. The minimum Gasteiger partial charge on any atom is -0.480 e. The maximum absolute atomic E-state index is 12.8.